The highest BCUT2D eigenvalue weighted by Gasteiger charge is 2.43. The number of fused-ring (bicyclic) bond motifs is 3. The standard InChI is InChI=1S/C34H48FN7O4/c1-22-16-39(27(15-36-22)17-38-11-12-46-19-23(38)2)18-29(43)40-20-33(3,4)30-28(40)14-25(13-24-7-9-26(35)10-8-24)31-37-41(21-34(5,6)45)32(44)42(30)31/h7-10,14,22-23,27,36,45H,11-13,15-21H2,1-6H3/t22-,23-,27-/m1/s1. The quantitative estimate of drug-likeness (QED) is 0.387. The molecule has 0 aliphatic carbocycles. The van der Waals surface area contributed by atoms with Gasteiger partial charge in [-0.25, -0.2) is 18.3 Å². The number of morpholine rings is 1. The Morgan fingerprint density at radius 2 is 1.93 bits per heavy atom. The van der Waals surface area contributed by atoms with Gasteiger partial charge in [-0.3, -0.25) is 14.6 Å². The van der Waals surface area contributed by atoms with Crippen LogP contribution in [0.15, 0.2) is 35.1 Å². The van der Waals surface area contributed by atoms with Gasteiger partial charge in [0.05, 0.1) is 43.3 Å². The second-order valence-corrected chi connectivity index (χ2v) is 14.8. The van der Waals surface area contributed by atoms with Crippen molar-refractivity contribution in [2.45, 2.75) is 83.6 Å². The molecule has 3 atom stereocenters. The Kier molecular flexibility index (Phi) is 8.88. The summed E-state index contributed by atoms with van der Waals surface area (Å²) in [6.07, 6.45) is 0.396. The second-order valence-electron chi connectivity index (χ2n) is 14.8. The largest absolute Gasteiger partial charge is 0.389 e. The summed E-state index contributed by atoms with van der Waals surface area (Å²) in [5.74, 6) is -0.333. The van der Waals surface area contributed by atoms with Gasteiger partial charge in [-0.05, 0) is 51.5 Å². The molecular weight excluding hydrogens is 589 g/mol. The van der Waals surface area contributed by atoms with Crippen LogP contribution in [0.1, 0.15) is 58.4 Å². The molecule has 2 aromatic heterocycles. The number of ether oxygens (including phenoxy) is 1. The van der Waals surface area contributed by atoms with E-state index >= 15 is 0 Å². The number of benzene rings is 1. The zero-order chi connectivity index (χ0) is 33.0. The van der Waals surface area contributed by atoms with Gasteiger partial charge in [-0.2, -0.15) is 0 Å². The van der Waals surface area contributed by atoms with Crippen LogP contribution in [0.4, 0.5) is 10.1 Å². The summed E-state index contributed by atoms with van der Waals surface area (Å²) < 4.78 is 22.3. The lowest BCUT2D eigenvalue weighted by Crippen LogP contribution is -2.62. The van der Waals surface area contributed by atoms with Crippen LogP contribution in [0, 0.1) is 5.82 Å². The number of carbonyl (C=O) groups excluding carboxylic acids is 1. The average Bonchev–Trinajstić information content (AvgIpc) is 3.43. The fourth-order valence-electron chi connectivity index (χ4n) is 7.25. The van der Waals surface area contributed by atoms with Gasteiger partial charge in [0.15, 0.2) is 5.65 Å². The lowest BCUT2D eigenvalue weighted by molar-refractivity contribution is -0.121. The lowest BCUT2D eigenvalue weighted by atomic mass is 9.90. The van der Waals surface area contributed by atoms with Crippen molar-refractivity contribution in [3.05, 3.63) is 63.5 Å². The summed E-state index contributed by atoms with van der Waals surface area (Å²) in [7, 11) is 0. The smallest absolute Gasteiger partial charge is 0.350 e. The third-order valence-corrected chi connectivity index (χ3v) is 9.55. The normalized spacial score (nSPS) is 24.1. The summed E-state index contributed by atoms with van der Waals surface area (Å²) in [6, 6.07) is 9.02. The first-order chi connectivity index (χ1) is 21.7. The molecule has 3 aromatic rings. The molecule has 3 aliphatic heterocycles. The predicted octanol–water partition coefficient (Wildman–Crippen LogP) is 2.00. The third kappa shape index (κ3) is 6.64. The van der Waals surface area contributed by atoms with E-state index in [9.17, 15) is 19.1 Å². The van der Waals surface area contributed by atoms with Crippen molar-refractivity contribution >= 4 is 17.2 Å². The maximum atomic E-state index is 14.3. The van der Waals surface area contributed by atoms with Crippen molar-refractivity contribution in [3.8, 4) is 0 Å². The Morgan fingerprint density at radius 3 is 2.63 bits per heavy atom. The molecule has 0 radical (unpaired) electrons. The van der Waals surface area contributed by atoms with Crippen LogP contribution in [-0.2, 0) is 27.9 Å². The van der Waals surface area contributed by atoms with E-state index in [0.29, 0.717) is 30.3 Å². The van der Waals surface area contributed by atoms with E-state index in [1.807, 2.05) is 24.8 Å². The van der Waals surface area contributed by atoms with E-state index in [0.717, 1.165) is 56.2 Å². The minimum absolute atomic E-state index is 0.00929. The molecule has 2 fully saturated rings. The molecule has 46 heavy (non-hydrogen) atoms. The number of hydrogen-bond donors (Lipinski definition) is 2. The highest BCUT2D eigenvalue weighted by Crippen LogP contribution is 2.42. The number of pyridine rings is 1. The molecule has 2 saturated heterocycles. The summed E-state index contributed by atoms with van der Waals surface area (Å²) in [6.45, 7) is 17.2. The number of aromatic nitrogens is 3. The Hall–Kier alpha value is -3.16. The number of carbonyl (C=O) groups is 1. The molecule has 0 spiro atoms. The summed E-state index contributed by atoms with van der Waals surface area (Å²) in [5.41, 5.74) is 1.48. The Bertz CT molecular complexity index is 1640. The fraction of sp³-hybridized carbons (Fsp3) is 0.618. The van der Waals surface area contributed by atoms with Gasteiger partial charge in [-0.1, -0.05) is 26.0 Å². The van der Waals surface area contributed by atoms with Gasteiger partial charge >= 0.3 is 5.69 Å². The number of hydrogen-bond acceptors (Lipinski definition) is 8. The van der Waals surface area contributed by atoms with E-state index < -0.39 is 11.0 Å². The van der Waals surface area contributed by atoms with Crippen LogP contribution in [-0.4, -0.2) is 111 Å². The zero-order valence-corrected chi connectivity index (χ0v) is 27.9. The minimum atomic E-state index is -1.16. The maximum Gasteiger partial charge on any atom is 0.350 e. The lowest BCUT2D eigenvalue weighted by Gasteiger charge is -2.43. The van der Waals surface area contributed by atoms with Crippen LogP contribution in [0.5, 0.6) is 0 Å². The molecule has 0 unspecified atom stereocenters. The van der Waals surface area contributed by atoms with Gasteiger partial charge < -0.3 is 20.1 Å². The van der Waals surface area contributed by atoms with Crippen molar-refractivity contribution in [2.24, 2.45) is 0 Å². The molecule has 12 heteroatoms. The monoisotopic (exact) mass is 637 g/mol. The SMILES string of the molecule is C[C@@H]1CN(CC(=O)N2CC(C)(C)c3c2cc(Cc2ccc(F)cc2)c2nn(CC(C)(C)O)c(=O)n32)[C@@H](CN2CCOC[C@H]2C)CN1. The Morgan fingerprint density at radius 1 is 1.20 bits per heavy atom. The van der Waals surface area contributed by atoms with E-state index in [1.165, 1.54) is 16.8 Å². The summed E-state index contributed by atoms with van der Waals surface area (Å²) in [4.78, 5) is 34.9. The van der Waals surface area contributed by atoms with E-state index in [2.05, 4.69) is 29.0 Å². The summed E-state index contributed by atoms with van der Waals surface area (Å²) >= 11 is 0. The van der Waals surface area contributed by atoms with Crippen molar-refractivity contribution in [1.29, 1.82) is 0 Å². The second kappa shape index (κ2) is 12.5. The van der Waals surface area contributed by atoms with Gasteiger partial charge in [0, 0.05) is 68.2 Å². The maximum absolute atomic E-state index is 14.3. The number of amides is 1. The molecule has 250 valence electrons. The molecule has 3 aliphatic rings. The number of nitrogens with one attached hydrogen (secondary N) is 1. The third-order valence-electron chi connectivity index (χ3n) is 9.55. The minimum Gasteiger partial charge on any atom is -0.389 e. The van der Waals surface area contributed by atoms with E-state index in [1.54, 1.807) is 30.4 Å². The van der Waals surface area contributed by atoms with Crippen molar-refractivity contribution < 1.29 is 19.0 Å². The number of piperazine rings is 1. The predicted molar refractivity (Wildman–Crippen MR) is 175 cm³/mol. The van der Waals surface area contributed by atoms with Crippen molar-refractivity contribution in [3.63, 3.8) is 0 Å². The first-order valence-corrected chi connectivity index (χ1v) is 16.4. The van der Waals surface area contributed by atoms with Gasteiger partial charge in [0.25, 0.3) is 0 Å². The first kappa shape index (κ1) is 32.8. The molecule has 5 heterocycles. The molecule has 0 bridgehead atoms. The Balaban J connectivity index is 1.37. The average molecular weight is 638 g/mol. The molecule has 1 amide bonds. The highest BCUT2D eigenvalue weighted by molar-refractivity contribution is 5.97. The molecule has 6 rings (SSSR count). The van der Waals surface area contributed by atoms with Gasteiger partial charge in [0.1, 0.15) is 5.82 Å². The first-order valence-electron chi connectivity index (χ1n) is 16.4. The number of aliphatic hydroxyl groups is 1. The topological polar surface area (TPSA) is 108 Å². The molecule has 1 aromatic carbocycles. The molecule has 11 nitrogen and oxygen atoms in total. The van der Waals surface area contributed by atoms with Crippen molar-refractivity contribution in [1.82, 2.24) is 29.3 Å². The van der Waals surface area contributed by atoms with Gasteiger partial charge in [0.2, 0.25) is 5.91 Å². The number of nitrogens with zero attached hydrogens (tertiary/aromatic N) is 6. The molecule has 0 saturated carbocycles. The number of rotatable bonds is 8. The number of anilines is 1. The number of halogens is 1. The zero-order valence-electron chi connectivity index (χ0n) is 27.9. The van der Waals surface area contributed by atoms with Crippen molar-refractivity contribution in [2.75, 3.05) is 57.4 Å². The van der Waals surface area contributed by atoms with E-state index in [-0.39, 0.29) is 42.6 Å². The molecular formula is C34H48FN7O4. The van der Waals surface area contributed by atoms with Crippen LogP contribution in [0.3, 0.4) is 0 Å². The Labute approximate surface area is 269 Å². The van der Waals surface area contributed by atoms with Crippen LogP contribution in [0.2, 0.25) is 0 Å². The summed E-state index contributed by atoms with van der Waals surface area (Å²) in [5, 5.41) is 18.9. The van der Waals surface area contributed by atoms with Crippen LogP contribution < -0.4 is 15.9 Å². The molecule has 2 N–H and O–H groups in total. The highest BCUT2D eigenvalue weighted by atomic mass is 19.1. The van der Waals surface area contributed by atoms with Crippen LogP contribution in [0.25, 0.3) is 5.65 Å². The van der Waals surface area contributed by atoms with Crippen LogP contribution >= 0.6 is 0 Å². The van der Waals surface area contributed by atoms with E-state index in [4.69, 9.17) is 9.84 Å². The fourth-order valence-corrected chi connectivity index (χ4v) is 7.25. The van der Waals surface area contributed by atoms with Gasteiger partial charge in [-0.15, -0.1) is 5.10 Å².